The summed E-state index contributed by atoms with van der Waals surface area (Å²) < 4.78 is 5.51. The molecule has 1 aromatic heterocycles. The minimum atomic E-state index is -0.292. The molecular formula is C26H30N4O3. The topological polar surface area (TPSA) is 87.6 Å². The van der Waals surface area contributed by atoms with Gasteiger partial charge >= 0.3 is 0 Å². The highest BCUT2D eigenvalue weighted by molar-refractivity contribution is 5.92. The Morgan fingerprint density at radius 3 is 2.88 bits per heavy atom. The van der Waals surface area contributed by atoms with E-state index < -0.39 is 0 Å². The predicted molar refractivity (Wildman–Crippen MR) is 128 cm³/mol. The van der Waals surface area contributed by atoms with Crippen LogP contribution in [0.5, 0.6) is 5.75 Å². The van der Waals surface area contributed by atoms with Gasteiger partial charge in [0.1, 0.15) is 17.7 Å². The largest absolute Gasteiger partial charge is 0.507 e. The summed E-state index contributed by atoms with van der Waals surface area (Å²) in [5.74, 6) is 1.93. The van der Waals surface area contributed by atoms with Gasteiger partial charge in [-0.1, -0.05) is 18.2 Å². The molecule has 3 aromatic rings. The summed E-state index contributed by atoms with van der Waals surface area (Å²) >= 11 is 0. The molecule has 0 spiro atoms. The molecule has 0 radical (unpaired) electrons. The predicted octanol–water partition coefficient (Wildman–Crippen LogP) is 3.82. The zero-order valence-electron chi connectivity index (χ0n) is 19.0. The molecule has 7 heteroatoms. The lowest BCUT2D eigenvalue weighted by molar-refractivity contribution is -0.130. The van der Waals surface area contributed by atoms with Crippen LogP contribution in [-0.2, 0) is 9.53 Å². The Morgan fingerprint density at radius 1 is 1.18 bits per heavy atom. The molecule has 172 valence electrons. The minimum absolute atomic E-state index is 0.00873. The second-order valence-electron chi connectivity index (χ2n) is 9.11. The number of nitrogens with zero attached hydrogens (tertiary/aromatic N) is 3. The van der Waals surface area contributed by atoms with Gasteiger partial charge in [0.05, 0.1) is 11.1 Å². The second-order valence-corrected chi connectivity index (χ2v) is 9.11. The smallest absolute Gasteiger partial charge is 0.249 e. The number of hydrogen-bond donors (Lipinski definition) is 2. The van der Waals surface area contributed by atoms with Crippen LogP contribution in [0.3, 0.4) is 0 Å². The highest BCUT2D eigenvalue weighted by Gasteiger charge is 2.27. The Hall–Kier alpha value is -3.19. The third kappa shape index (κ3) is 4.64. The first kappa shape index (κ1) is 21.6. The van der Waals surface area contributed by atoms with Crippen LogP contribution >= 0.6 is 0 Å². The molecule has 7 nitrogen and oxygen atoms in total. The number of para-hydroxylation sites is 1. The first-order valence-electron chi connectivity index (χ1n) is 11.8. The van der Waals surface area contributed by atoms with Crippen molar-refractivity contribution < 1.29 is 14.6 Å². The number of fused-ring (bicyclic) bond motifs is 1. The van der Waals surface area contributed by atoms with E-state index in [-0.39, 0.29) is 17.8 Å². The molecule has 0 bridgehead atoms. The van der Waals surface area contributed by atoms with Crippen molar-refractivity contribution in [1.82, 2.24) is 15.3 Å². The molecule has 1 amide bonds. The van der Waals surface area contributed by atoms with E-state index in [9.17, 15) is 9.90 Å². The summed E-state index contributed by atoms with van der Waals surface area (Å²) in [5, 5.41) is 14.5. The number of aromatic hydroxyl groups is 1. The minimum Gasteiger partial charge on any atom is -0.507 e. The monoisotopic (exact) mass is 446 g/mol. The fourth-order valence-corrected chi connectivity index (χ4v) is 4.81. The number of phenolic OH excluding ortho intramolecular Hbond substituents is 1. The van der Waals surface area contributed by atoms with Crippen molar-refractivity contribution in [2.75, 3.05) is 31.1 Å². The standard InChI is InChI=1S/C26H30N4O3/c1-17-10-11-19-21(14-17)28-24(20-7-2-3-8-22(20)31)29-25(19)30-12-4-6-18(16-30)15-27-26(32)23-9-5-13-33-23/h2-3,7-8,10-11,14,18,23,31H,4-6,9,12-13,15-16H2,1H3,(H,27,32). The number of amides is 1. The van der Waals surface area contributed by atoms with Crippen LogP contribution in [0.1, 0.15) is 31.2 Å². The zero-order chi connectivity index (χ0) is 22.8. The van der Waals surface area contributed by atoms with Gasteiger partial charge in [-0.05, 0) is 68.4 Å². The molecule has 2 unspecified atom stereocenters. The van der Waals surface area contributed by atoms with Crippen molar-refractivity contribution in [3.8, 4) is 17.1 Å². The molecule has 2 saturated heterocycles. The molecule has 2 aromatic carbocycles. The van der Waals surface area contributed by atoms with Crippen molar-refractivity contribution in [2.24, 2.45) is 5.92 Å². The van der Waals surface area contributed by atoms with E-state index >= 15 is 0 Å². The first-order chi connectivity index (χ1) is 16.1. The van der Waals surface area contributed by atoms with Crippen molar-refractivity contribution in [3.05, 3.63) is 48.0 Å². The molecule has 2 aliphatic rings. The van der Waals surface area contributed by atoms with Crippen LogP contribution in [0.15, 0.2) is 42.5 Å². The van der Waals surface area contributed by atoms with E-state index in [1.165, 1.54) is 0 Å². The van der Waals surface area contributed by atoms with Crippen molar-refractivity contribution in [2.45, 2.75) is 38.7 Å². The second kappa shape index (κ2) is 9.35. The van der Waals surface area contributed by atoms with Crippen molar-refractivity contribution in [3.63, 3.8) is 0 Å². The van der Waals surface area contributed by atoms with E-state index in [4.69, 9.17) is 14.7 Å². The summed E-state index contributed by atoms with van der Waals surface area (Å²) in [6, 6.07) is 13.4. The van der Waals surface area contributed by atoms with Crippen LogP contribution in [0.25, 0.3) is 22.3 Å². The highest BCUT2D eigenvalue weighted by atomic mass is 16.5. The van der Waals surface area contributed by atoms with Gasteiger partial charge in [-0.15, -0.1) is 0 Å². The average molecular weight is 447 g/mol. The molecule has 2 fully saturated rings. The van der Waals surface area contributed by atoms with Gasteiger partial charge in [0.2, 0.25) is 5.91 Å². The van der Waals surface area contributed by atoms with Gasteiger partial charge in [0, 0.05) is 31.6 Å². The number of piperidine rings is 1. The number of ether oxygens (including phenoxy) is 1. The fraction of sp³-hybridized carbons (Fsp3) is 0.423. The SMILES string of the molecule is Cc1ccc2c(N3CCCC(CNC(=O)C4CCCO4)C3)nc(-c3ccccc3O)nc2c1. The summed E-state index contributed by atoms with van der Waals surface area (Å²) in [7, 11) is 0. The third-order valence-electron chi connectivity index (χ3n) is 6.58. The number of anilines is 1. The Kier molecular flexibility index (Phi) is 6.13. The van der Waals surface area contributed by atoms with Crippen LogP contribution in [0, 0.1) is 12.8 Å². The molecule has 5 rings (SSSR count). The van der Waals surface area contributed by atoms with Crippen LogP contribution in [0.2, 0.25) is 0 Å². The number of carbonyl (C=O) groups excluding carboxylic acids is 1. The number of nitrogens with one attached hydrogen (secondary N) is 1. The Labute approximate surface area is 193 Å². The third-order valence-corrected chi connectivity index (χ3v) is 6.58. The van der Waals surface area contributed by atoms with Gasteiger partial charge < -0.3 is 20.1 Å². The maximum absolute atomic E-state index is 12.4. The van der Waals surface area contributed by atoms with Gasteiger partial charge in [0.25, 0.3) is 0 Å². The number of phenols is 1. The number of rotatable bonds is 5. The molecule has 2 N–H and O–H groups in total. The molecule has 0 aliphatic carbocycles. The number of benzene rings is 2. The van der Waals surface area contributed by atoms with Gasteiger partial charge in [-0.3, -0.25) is 4.79 Å². The van der Waals surface area contributed by atoms with E-state index in [0.717, 1.165) is 61.1 Å². The summed E-state index contributed by atoms with van der Waals surface area (Å²) in [6.07, 6.45) is 3.57. The van der Waals surface area contributed by atoms with Crippen LogP contribution in [0.4, 0.5) is 5.82 Å². The van der Waals surface area contributed by atoms with E-state index in [1.54, 1.807) is 12.1 Å². The summed E-state index contributed by atoms with van der Waals surface area (Å²) in [4.78, 5) is 24.4. The maximum atomic E-state index is 12.4. The summed E-state index contributed by atoms with van der Waals surface area (Å²) in [6.45, 7) is 5.08. The number of carbonyl (C=O) groups is 1. The number of aryl methyl sites for hydroxylation is 1. The molecule has 2 atom stereocenters. The lowest BCUT2D eigenvalue weighted by atomic mass is 9.97. The van der Waals surface area contributed by atoms with Crippen LogP contribution in [-0.4, -0.2) is 53.3 Å². The van der Waals surface area contributed by atoms with E-state index in [0.29, 0.717) is 30.5 Å². The van der Waals surface area contributed by atoms with Crippen molar-refractivity contribution in [1.29, 1.82) is 0 Å². The average Bonchev–Trinajstić information content (AvgIpc) is 3.37. The Morgan fingerprint density at radius 2 is 2.06 bits per heavy atom. The number of hydrogen-bond acceptors (Lipinski definition) is 6. The van der Waals surface area contributed by atoms with Gasteiger partial charge in [0.15, 0.2) is 5.82 Å². The Balaban J connectivity index is 1.42. The lowest BCUT2D eigenvalue weighted by Gasteiger charge is -2.34. The zero-order valence-corrected chi connectivity index (χ0v) is 19.0. The Bertz CT molecular complexity index is 1160. The summed E-state index contributed by atoms with van der Waals surface area (Å²) in [5.41, 5.74) is 2.62. The van der Waals surface area contributed by atoms with E-state index in [2.05, 4.69) is 35.3 Å². The molecule has 33 heavy (non-hydrogen) atoms. The molecule has 3 heterocycles. The maximum Gasteiger partial charge on any atom is 0.249 e. The first-order valence-corrected chi connectivity index (χ1v) is 11.8. The fourth-order valence-electron chi connectivity index (χ4n) is 4.81. The van der Waals surface area contributed by atoms with Gasteiger partial charge in [-0.2, -0.15) is 0 Å². The normalized spacial score (nSPS) is 20.8. The quantitative estimate of drug-likeness (QED) is 0.620. The lowest BCUT2D eigenvalue weighted by Crippen LogP contribution is -2.43. The number of aromatic nitrogens is 2. The van der Waals surface area contributed by atoms with Gasteiger partial charge in [-0.25, -0.2) is 9.97 Å². The van der Waals surface area contributed by atoms with Crippen molar-refractivity contribution >= 4 is 22.6 Å². The van der Waals surface area contributed by atoms with E-state index in [1.807, 2.05) is 12.1 Å². The molecular weight excluding hydrogens is 416 g/mol. The van der Waals surface area contributed by atoms with Crippen LogP contribution < -0.4 is 10.2 Å². The molecule has 2 aliphatic heterocycles. The molecule has 0 saturated carbocycles. The highest BCUT2D eigenvalue weighted by Crippen LogP contribution is 2.33.